The maximum atomic E-state index is 12.7. The average molecular weight is 291 g/mol. The number of fused-ring (bicyclic) bond motifs is 1. The topological polar surface area (TPSA) is 76.1 Å². The lowest BCUT2D eigenvalue weighted by atomic mass is 9.96. The zero-order valence-corrected chi connectivity index (χ0v) is 11.5. The smallest absolute Gasteiger partial charge is 0.328 e. The van der Waals surface area contributed by atoms with Crippen LogP contribution in [-0.4, -0.2) is 54.3 Å². The van der Waals surface area contributed by atoms with Gasteiger partial charge in [0.05, 0.1) is 19.8 Å². The van der Waals surface area contributed by atoms with Gasteiger partial charge >= 0.3 is 5.97 Å². The standard InChI is InChI=1S/C15H17NO5/c17-14(16-6-8-20-9-12(16)15(18)19)13-11-4-2-1-3-10(11)5-7-21-13/h1-4,12-13H,5-9H2,(H,18,19)/t12-,13-/m0/s1. The first-order chi connectivity index (χ1) is 10.2. The van der Waals surface area contributed by atoms with Crippen LogP contribution in [0.15, 0.2) is 24.3 Å². The van der Waals surface area contributed by atoms with E-state index in [1.54, 1.807) is 0 Å². The Kier molecular flexibility index (Phi) is 3.90. The van der Waals surface area contributed by atoms with E-state index in [1.807, 2.05) is 24.3 Å². The number of hydrogen-bond donors (Lipinski definition) is 1. The van der Waals surface area contributed by atoms with Crippen LogP contribution in [0.1, 0.15) is 17.2 Å². The van der Waals surface area contributed by atoms with Crippen LogP contribution in [0.5, 0.6) is 0 Å². The van der Waals surface area contributed by atoms with E-state index in [2.05, 4.69) is 0 Å². The molecule has 0 unspecified atom stereocenters. The summed E-state index contributed by atoms with van der Waals surface area (Å²) in [7, 11) is 0. The van der Waals surface area contributed by atoms with Crippen molar-refractivity contribution < 1.29 is 24.2 Å². The number of morpholine rings is 1. The molecular weight excluding hydrogens is 274 g/mol. The van der Waals surface area contributed by atoms with Crippen molar-refractivity contribution in [2.24, 2.45) is 0 Å². The Labute approximate surface area is 122 Å². The molecule has 2 heterocycles. The van der Waals surface area contributed by atoms with Crippen LogP contribution in [-0.2, 0) is 25.5 Å². The van der Waals surface area contributed by atoms with E-state index in [0.717, 1.165) is 17.5 Å². The first-order valence-electron chi connectivity index (χ1n) is 6.99. The predicted molar refractivity (Wildman–Crippen MR) is 72.8 cm³/mol. The number of carbonyl (C=O) groups excluding carboxylic acids is 1. The molecule has 1 fully saturated rings. The summed E-state index contributed by atoms with van der Waals surface area (Å²) in [6.45, 7) is 1.12. The molecule has 21 heavy (non-hydrogen) atoms. The van der Waals surface area contributed by atoms with Gasteiger partial charge in [0.1, 0.15) is 0 Å². The highest BCUT2D eigenvalue weighted by Crippen LogP contribution is 2.29. The van der Waals surface area contributed by atoms with Crippen molar-refractivity contribution in [3.05, 3.63) is 35.4 Å². The molecule has 0 aliphatic carbocycles. The molecule has 0 bridgehead atoms. The molecule has 0 radical (unpaired) electrons. The lowest BCUT2D eigenvalue weighted by molar-refractivity contribution is -0.165. The van der Waals surface area contributed by atoms with Gasteiger partial charge in [-0.15, -0.1) is 0 Å². The minimum Gasteiger partial charge on any atom is -0.480 e. The number of benzene rings is 1. The van der Waals surface area contributed by atoms with E-state index in [1.165, 1.54) is 4.90 Å². The van der Waals surface area contributed by atoms with E-state index in [4.69, 9.17) is 9.47 Å². The molecule has 112 valence electrons. The van der Waals surface area contributed by atoms with Crippen LogP contribution < -0.4 is 0 Å². The number of hydrogen-bond acceptors (Lipinski definition) is 4. The number of nitrogens with zero attached hydrogens (tertiary/aromatic N) is 1. The van der Waals surface area contributed by atoms with Crippen molar-refractivity contribution in [3.63, 3.8) is 0 Å². The summed E-state index contributed by atoms with van der Waals surface area (Å²) in [5, 5.41) is 9.24. The molecule has 6 nitrogen and oxygen atoms in total. The Morgan fingerprint density at radius 2 is 2.05 bits per heavy atom. The van der Waals surface area contributed by atoms with Crippen molar-refractivity contribution in [1.29, 1.82) is 0 Å². The number of carboxylic acids is 1. The van der Waals surface area contributed by atoms with Crippen LogP contribution in [0.3, 0.4) is 0 Å². The zero-order chi connectivity index (χ0) is 14.8. The Bertz CT molecular complexity index is 559. The van der Waals surface area contributed by atoms with Gasteiger partial charge in [0.2, 0.25) is 0 Å². The molecule has 1 saturated heterocycles. The molecule has 0 spiro atoms. The quantitative estimate of drug-likeness (QED) is 0.864. The third-order valence-electron chi connectivity index (χ3n) is 3.91. The van der Waals surface area contributed by atoms with Gasteiger partial charge in [-0.3, -0.25) is 4.79 Å². The highest BCUT2D eigenvalue weighted by atomic mass is 16.5. The first kappa shape index (κ1) is 14.0. The lowest BCUT2D eigenvalue weighted by Crippen LogP contribution is -2.54. The minimum absolute atomic E-state index is 0.0233. The van der Waals surface area contributed by atoms with Crippen molar-refractivity contribution >= 4 is 11.9 Å². The Balaban J connectivity index is 1.86. The summed E-state index contributed by atoms with van der Waals surface area (Å²) >= 11 is 0. The van der Waals surface area contributed by atoms with Gasteiger partial charge in [0.25, 0.3) is 5.91 Å². The molecule has 2 aliphatic rings. The normalized spacial score (nSPS) is 25.2. The number of carbonyl (C=O) groups is 2. The monoisotopic (exact) mass is 291 g/mol. The zero-order valence-electron chi connectivity index (χ0n) is 11.5. The van der Waals surface area contributed by atoms with Gasteiger partial charge in [-0.1, -0.05) is 24.3 Å². The van der Waals surface area contributed by atoms with Gasteiger partial charge in [0.15, 0.2) is 12.1 Å². The van der Waals surface area contributed by atoms with E-state index in [-0.39, 0.29) is 19.1 Å². The highest BCUT2D eigenvalue weighted by Gasteiger charge is 2.38. The minimum atomic E-state index is -1.05. The average Bonchev–Trinajstić information content (AvgIpc) is 2.53. The Morgan fingerprint density at radius 1 is 1.24 bits per heavy atom. The molecule has 1 N–H and O–H groups in total. The molecule has 2 aliphatic heterocycles. The molecule has 3 rings (SSSR count). The molecule has 1 aromatic rings. The number of ether oxygens (including phenoxy) is 2. The van der Waals surface area contributed by atoms with Crippen LogP contribution in [0, 0.1) is 0 Å². The van der Waals surface area contributed by atoms with Gasteiger partial charge in [-0.2, -0.15) is 0 Å². The maximum Gasteiger partial charge on any atom is 0.328 e. The van der Waals surface area contributed by atoms with Crippen LogP contribution in [0.4, 0.5) is 0 Å². The number of carboxylic acid groups (broad SMARTS) is 1. The molecular formula is C15H17NO5. The highest BCUT2D eigenvalue weighted by molar-refractivity contribution is 5.88. The summed E-state index contributed by atoms with van der Waals surface area (Å²) in [6, 6.07) is 6.70. The molecule has 1 aromatic carbocycles. The van der Waals surface area contributed by atoms with Gasteiger partial charge in [0, 0.05) is 6.54 Å². The van der Waals surface area contributed by atoms with E-state index in [9.17, 15) is 14.7 Å². The summed E-state index contributed by atoms with van der Waals surface area (Å²) in [5.74, 6) is -1.34. The second-order valence-electron chi connectivity index (χ2n) is 5.16. The predicted octanol–water partition coefficient (Wildman–Crippen LogP) is 0.612. The first-order valence-corrected chi connectivity index (χ1v) is 6.99. The van der Waals surface area contributed by atoms with Crippen molar-refractivity contribution in [2.75, 3.05) is 26.4 Å². The van der Waals surface area contributed by atoms with Crippen molar-refractivity contribution in [2.45, 2.75) is 18.6 Å². The fourth-order valence-corrected chi connectivity index (χ4v) is 2.82. The van der Waals surface area contributed by atoms with E-state index in [0.29, 0.717) is 13.2 Å². The van der Waals surface area contributed by atoms with Crippen molar-refractivity contribution in [1.82, 2.24) is 4.90 Å². The number of rotatable bonds is 2. The van der Waals surface area contributed by atoms with Crippen LogP contribution >= 0.6 is 0 Å². The van der Waals surface area contributed by atoms with Crippen LogP contribution in [0.25, 0.3) is 0 Å². The summed E-state index contributed by atoms with van der Waals surface area (Å²) in [6.07, 6.45) is 0.0562. The lowest BCUT2D eigenvalue weighted by Gasteiger charge is -2.36. The Morgan fingerprint density at radius 3 is 2.86 bits per heavy atom. The largest absolute Gasteiger partial charge is 0.480 e. The van der Waals surface area contributed by atoms with Gasteiger partial charge in [-0.05, 0) is 17.5 Å². The summed E-state index contributed by atoms with van der Waals surface area (Å²) in [4.78, 5) is 25.4. The Hall–Kier alpha value is -1.92. The maximum absolute atomic E-state index is 12.7. The van der Waals surface area contributed by atoms with Gasteiger partial charge < -0.3 is 19.5 Å². The number of aliphatic carboxylic acids is 1. The molecule has 0 saturated carbocycles. The molecule has 0 aromatic heterocycles. The summed E-state index contributed by atoms with van der Waals surface area (Å²) < 4.78 is 10.8. The molecule has 1 amide bonds. The fraction of sp³-hybridized carbons (Fsp3) is 0.467. The second kappa shape index (κ2) is 5.83. The van der Waals surface area contributed by atoms with Crippen molar-refractivity contribution in [3.8, 4) is 0 Å². The summed E-state index contributed by atoms with van der Waals surface area (Å²) in [5.41, 5.74) is 1.92. The second-order valence-corrected chi connectivity index (χ2v) is 5.16. The third kappa shape index (κ3) is 2.64. The molecule has 2 atom stereocenters. The van der Waals surface area contributed by atoms with E-state index < -0.39 is 18.1 Å². The number of amides is 1. The fourth-order valence-electron chi connectivity index (χ4n) is 2.82. The molecule has 6 heteroatoms. The SMILES string of the molecule is O=C(O)[C@@H]1COCCN1C(=O)[C@H]1OCCc2ccccc21. The third-order valence-corrected chi connectivity index (χ3v) is 3.91. The van der Waals surface area contributed by atoms with Gasteiger partial charge in [-0.25, -0.2) is 4.79 Å². The van der Waals surface area contributed by atoms with Crippen LogP contribution in [0.2, 0.25) is 0 Å². The van der Waals surface area contributed by atoms with E-state index >= 15 is 0 Å².